The lowest BCUT2D eigenvalue weighted by Gasteiger charge is -2.12. The molecular formula is C13H11ClF2N2O. The highest BCUT2D eigenvalue weighted by atomic mass is 35.5. The minimum absolute atomic E-state index is 0.290. The van der Waals surface area contributed by atoms with E-state index in [1.165, 1.54) is 19.4 Å². The maximum absolute atomic E-state index is 12.7. The minimum atomic E-state index is -2.64. The number of hydrogen-bond donors (Lipinski definition) is 0. The van der Waals surface area contributed by atoms with Crippen LogP contribution in [0.2, 0.25) is 5.15 Å². The van der Waals surface area contributed by atoms with Crippen LogP contribution in [0.1, 0.15) is 17.7 Å². The van der Waals surface area contributed by atoms with E-state index in [1.807, 2.05) is 6.92 Å². The van der Waals surface area contributed by atoms with Crippen molar-refractivity contribution in [2.24, 2.45) is 0 Å². The lowest BCUT2D eigenvalue weighted by molar-refractivity contribution is 0.146. The summed E-state index contributed by atoms with van der Waals surface area (Å²) in [6.45, 7) is 1.82. The van der Waals surface area contributed by atoms with Crippen molar-refractivity contribution in [1.82, 2.24) is 9.97 Å². The molecule has 2 heterocycles. The van der Waals surface area contributed by atoms with Crippen LogP contribution in [0.5, 0.6) is 5.75 Å². The van der Waals surface area contributed by atoms with E-state index in [4.69, 9.17) is 16.3 Å². The van der Waals surface area contributed by atoms with E-state index in [0.717, 1.165) is 5.56 Å². The number of methoxy groups -OCH3 is 1. The molecule has 0 aliphatic rings. The summed E-state index contributed by atoms with van der Waals surface area (Å²) in [6.07, 6.45) is 0.228. The molecule has 0 bridgehead atoms. The van der Waals surface area contributed by atoms with Crippen molar-refractivity contribution in [3.63, 3.8) is 0 Å². The Morgan fingerprint density at radius 2 is 1.89 bits per heavy atom. The molecule has 0 saturated carbocycles. The van der Waals surface area contributed by atoms with Crippen molar-refractivity contribution >= 4 is 11.6 Å². The smallest absolute Gasteiger partial charge is 0.280 e. The van der Waals surface area contributed by atoms with Gasteiger partial charge in [-0.2, -0.15) is 0 Å². The van der Waals surface area contributed by atoms with Crippen molar-refractivity contribution in [1.29, 1.82) is 0 Å². The van der Waals surface area contributed by atoms with Crippen molar-refractivity contribution < 1.29 is 13.5 Å². The van der Waals surface area contributed by atoms with Gasteiger partial charge in [-0.3, -0.25) is 4.98 Å². The second-order valence-electron chi connectivity index (χ2n) is 3.93. The average Bonchev–Trinajstić information content (AvgIpc) is 2.40. The van der Waals surface area contributed by atoms with Gasteiger partial charge in [-0.15, -0.1) is 0 Å². The first-order valence-corrected chi connectivity index (χ1v) is 5.85. The van der Waals surface area contributed by atoms with E-state index in [-0.39, 0.29) is 10.8 Å². The van der Waals surface area contributed by atoms with Crippen LogP contribution in [0, 0.1) is 6.92 Å². The molecule has 0 aromatic carbocycles. The van der Waals surface area contributed by atoms with E-state index in [9.17, 15) is 8.78 Å². The number of pyridine rings is 2. The Bertz CT molecular complexity index is 605. The fourth-order valence-electron chi connectivity index (χ4n) is 1.74. The predicted molar refractivity (Wildman–Crippen MR) is 68.7 cm³/mol. The SMILES string of the molecule is COc1cnc(C(F)F)cc1-c1cc(Cl)ncc1C. The highest BCUT2D eigenvalue weighted by molar-refractivity contribution is 6.29. The fraction of sp³-hybridized carbons (Fsp3) is 0.231. The second-order valence-corrected chi connectivity index (χ2v) is 4.32. The van der Waals surface area contributed by atoms with Crippen LogP contribution in [0.25, 0.3) is 11.1 Å². The molecule has 0 unspecified atom stereocenters. The summed E-state index contributed by atoms with van der Waals surface area (Å²) in [5, 5.41) is 0.290. The minimum Gasteiger partial charge on any atom is -0.494 e. The maximum Gasteiger partial charge on any atom is 0.280 e. The number of hydrogen-bond acceptors (Lipinski definition) is 3. The van der Waals surface area contributed by atoms with Crippen LogP contribution in [-0.4, -0.2) is 17.1 Å². The highest BCUT2D eigenvalue weighted by Crippen LogP contribution is 2.34. The first kappa shape index (κ1) is 13.7. The summed E-state index contributed by atoms with van der Waals surface area (Å²) in [5.41, 5.74) is 1.73. The first-order chi connectivity index (χ1) is 9.02. The van der Waals surface area contributed by atoms with Crippen LogP contribution in [-0.2, 0) is 0 Å². The number of halogens is 3. The molecule has 0 amide bonds. The van der Waals surface area contributed by atoms with Gasteiger partial charge in [0.25, 0.3) is 6.43 Å². The average molecular weight is 285 g/mol. The van der Waals surface area contributed by atoms with Crippen LogP contribution >= 0.6 is 11.6 Å². The van der Waals surface area contributed by atoms with E-state index in [0.29, 0.717) is 16.9 Å². The summed E-state index contributed by atoms with van der Waals surface area (Å²) < 4.78 is 30.6. The van der Waals surface area contributed by atoms with Crippen LogP contribution in [0.15, 0.2) is 24.5 Å². The molecule has 0 fully saturated rings. The molecule has 0 N–H and O–H groups in total. The Hall–Kier alpha value is -1.75. The predicted octanol–water partition coefficient (Wildman–Crippen LogP) is 4.05. The molecule has 0 aliphatic heterocycles. The molecule has 2 aromatic rings. The highest BCUT2D eigenvalue weighted by Gasteiger charge is 2.15. The number of nitrogens with zero attached hydrogens (tertiary/aromatic N) is 2. The Morgan fingerprint density at radius 3 is 2.53 bits per heavy atom. The molecule has 0 spiro atoms. The van der Waals surface area contributed by atoms with Crippen LogP contribution < -0.4 is 4.74 Å². The van der Waals surface area contributed by atoms with Crippen molar-refractivity contribution in [3.8, 4) is 16.9 Å². The summed E-state index contributed by atoms with van der Waals surface area (Å²) >= 11 is 5.85. The van der Waals surface area contributed by atoms with Gasteiger partial charge in [0, 0.05) is 11.8 Å². The zero-order valence-electron chi connectivity index (χ0n) is 10.3. The van der Waals surface area contributed by atoms with E-state index in [2.05, 4.69) is 9.97 Å². The van der Waals surface area contributed by atoms with Gasteiger partial charge in [-0.1, -0.05) is 11.6 Å². The zero-order chi connectivity index (χ0) is 14.0. The van der Waals surface area contributed by atoms with E-state index in [1.54, 1.807) is 12.3 Å². The monoisotopic (exact) mass is 284 g/mol. The first-order valence-electron chi connectivity index (χ1n) is 5.47. The zero-order valence-corrected chi connectivity index (χ0v) is 11.1. The number of alkyl halides is 2. The number of rotatable bonds is 3. The summed E-state index contributed by atoms with van der Waals surface area (Å²) in [5.74, 6) is 0.412. The molecule has 0 aliphatic carbocycles. The van der Waals surface area contributed by atoms with Crippen molar-refractivity contribution in [3.05, 3.63) is 40.9 Å². The maximum atomic E-state index is 12.7. The van der Waals surface area contributed by atoms with Crippen molar-refractivity contribution in [2.75, 3.05) is 7.11 Å². The van der Waals surface area contributed by atoms with Gasteiger partial charge in [0.05, 0.1) is 13.3 Å². The lowest BCUT2D eigenvalue weighted by Crippen LogP contribution is -1.96. The standard InChI is InChI=1S/C13H11ClF2N2O/c1-7-5-18-12(14)4-8(7)9-3-10(13(15)16)17-6-11(9)19-2/h3-6,13H,1-2H3. The topological polar surface area (TPSA) is 35.0 Å². The number of aryl methyl sites for hydroxylation is 1. The van der Waals surface area contributed by atoms with Crippen molar-refractivity contribution in [2.45, 2.75) is 13.3 Å². The second kappa shape index (κ2) is 5.48. The third-order valence-corrected chi connectivity index (χ3v) is 2.90. The Labute approximate surface area is 114 Å². The molecule has 0 radical (unpaired) electrons. The third kappa shape index (κ3) is 2.81. The fourth-order valence-corrected chi connectivity index (χ4v) is 1.90. The Kier molecular flexibility index (Phi) is 3.95. The molecule has 2 rings (SSSR count). The number of ether oxygens (including phenoxy) is 1. The normalized spacial score (nSPS) is 10.8. The van der Waals surface area contributed by atoms with Gasteiger partial charge in [0.1, 0.15) is 16.6 Å². The molecule has 0 saturated heterocycles. The summed E-state index contributed by atoms with van der Waals surface area (Å²) in [6, 6.07) is 2.92. The van der Waals surface area contributed by atoms with Crippen LogP contribution in [0.3, 0.4) is 0 Å². The van der Waals surface area contributed by atoms with E-state index < -0.39 is 6.43 Å². The third-order valence-electron chi connectivity index (χ3n) is 2.69. The van der Waals surface area contributed by atoms with Gasteiger partial charge in [0.15, 0.2) is 0 Å². The lowest BCUT2D eigenvalue weighted by atomic mass is 10.0. The molecule has 19 heavy (non-hydrogen) atoms. The summed E-state index contributed by atoms with van der Waals surface area (Å²) in [7, 11) is 1.46. The van der Waals surface area contributed by atoms with Gasteiger partial charge in [-0.05, 0) is 30.2 Å². The molecular weight excluding hydrogens is 274 g/mol. The quantitative estimate of drug-likeness (QED) is 0.798. The van der Waals surface area contributed by atoms with Gasteiger partial charge in [0.2, 0.25) is 0 Å². The summed E-state index contributed by atoms with van der Waals surface area (Å²) in [4.78, 5) is 7.60. The van der Waals surface area contributed by atoms with Gasteiger partial charge < -0.3 is 4.74 Å². The molecule has 100 valence electrons. The van der Waals surface area contributed by atoms with Crippen LogP contribution in [0.4, 0.5) is 8.78 Å². The Balaban J connectivity index is 2.64. The van der Waals surface area contributed by atoms with Gasteiger partial charge >= 0.3 is 0 Å². The number of aromatic nitrogens is 2. The Morgan fingerprint density at radius 1 is 1.16 bits per heavy atom. The molecule has 6 heteroatoms. The van der Waals surface area contributed by atoms with Gasteiger partial charge in [-0.25, -0.2) is 13.8 Å². The largest absolute Gasteiger partial charge is 0.494 e. The molecule has 2 aromatic heterocycles. The molecule has 3 nitrogen and oxygen atoms in total. The van der Waals surface area contributed by atoms with E-state index >= 15 is 0 Å². The molecule has 0 atom stereocenters.